The molecule has 0 heterocycles. The molecule has 0 aromatic heterocycles. The van der Waals surface area contributed by atoms with Crippen molar-refractivity contribution in [3.8, 4) is 0 Å². The molecular weight excluding hydrogens is 250 g/mol. The van der Waals surface area contributed by atoms with Crippen LogP contribution in [0.2, 0.25) is 0 Å². The number of benzene rings is 1. The average Bonchev–Trinajstić information content (AvgIpc) is 2.32. The van der Waals surface area contributed by atoms with E-state index in [0.717, 1.165) is 0 Å². The van der Waals surface area contributed by atoms with Crippen molar-refractivity contribution in [3.05, 3.63) is 35.4 Å². The molecule has 1 aromatic carbocycles. The molecule has 1 aromatic rings. The second-order valence-electron chi connectivity index (χ2n) is 4.89. The van der Waals surface area contributed by atoms with Crippen molar-refractivity contribution in [2.45, 2.75) is 38.0 Å². The van der Waals surface area contributed by atoms with Crippen LogP contribution in [0, 0.1) is 0 Å². The molecule has 0 amide bonds. The first kappa shape index (κ1) is 14.1. The molecule has 0 N–H and O–H groups in total. The maximum Gasteiger partial charge on any atom is 0.261 e. The van der Waals surface area contributed by atoms with Gasteiger partial charge in [0.1, 0.15) is 6.61 Å². The summed E-state index contributed by atoms with van der Waals surface area (Å²) in [5.74, 6) is 0.540. The highest BCUT2D eigenvalue weighted by Crippen LogP contribution is 2.36. The lowest BCUT2D eigenvalue weighted by molar-refractivity contribution is 0.0170. The highest BCUT2D eigenvalue weighted by atomic mass is 19.3. The number of hydrogen-bond donors (Lipinski definition) is 0. The molecule has 19 heavy (non-hydrogen) atoms. The molecule has 0 aliphatic heterocycles. The number of ether oxygens (including phenoxy) is 1. The summed E-state index contributed by atoms with van der Waals surface area (Å²) in [5, 5.41) is 0. The van der Waals surface area contributed by atoms with Gasteiger partial charge >= 0.3 is 0 Å². The van der Waals surface area contributed by atoms with Crippen LogP contribution in [0.5, 0.6) is 0 Å². The van der Waals surface area contributed by atoms with E-state index in [4.69, 9.17) is 4.74 Å². The van der Waals surface area contributed by atoms with Crippen LogP contribution >= 0.6 is 0 Å². The van der Waals surface area contributed by atoms with Crippen LogP contribution in [-0.2, 0) is 4.74 Å². The van der Waals surface area contributed by atoms with Gasteiger partial charge in [0.05, 0.1) is 6.61 Å². The summed E-state index contributed by atoms with van der Waals surface area (Å²) in [4.78, 5) is 11.9. The molecule has 1 saturated carbocycles. The van der Waals surface area contributed by atoms with Crippen LogP contribution in [0.1, 0.15) is 47.5 Å². The summed E-state index contributed by atoms with van der Waals surface area (Å²) in [6, 6.07) is 7.64. The first-order valence-electron chi connectivity index (χ1n) is 6.66. The molecule has 0 unspecified atom stereocenters. The van der Waals surface area contributed by atoms with E-state index in [9.17, 15) is 13.6 Å². The van der Waals surface area contributed by atoms with E-state index in [1.807, 2.05) is 18.2 Å². The molecule has 0 atom stereocenters. The molecule has 4 heteroatoms. The topological polar surface area (TPSA) is 26.3 Å². The third-order valence-corrected chi connectivity index (χ3v) is 3.50. The van der Waals surface area contributed by atoms with Crippen molar-refractivity contribution in [2.75, 3.05) is 13.2 Å². The van der Waals surface area contributed by atoms with E-state index in [0.29, 0.717) is 11.5 Å². The Bertz CT molecular complexity index is 428. The van der Waals surface area contributed by atoms with Crippen molar-refractivity contribution in [3.63, 3.8) is 0 Å². The number of carbonyl (C=O) groups excluding carboxylic acids is 1. The lowest BCUT2D eigenvalue weighted by atomic mass is 9.79. The third kappa shape index (κ3) is 4.10. The summed E-state index contributed by atoms with van der Waals surface area (Å²) < 4.78 is 28.4. The van der Waals surface area contributed by atoms with Crippen molar-refractivity contribution in [2.24, 2.45) is 0 Å². The van der Waals surface area contributed by atoms with E-state index in [1.54, 1.807) is 6.07 Å². The molecule has 2 rings (SSSR count). The van der Waals surface area contributed by atoms with Gasteiger partial charge in [-0.25, -0.2) is 8.78 Å². The van der Waals surface area contributed by atoms with Crippen LogP contribution in [0.4, 0.5) is 8.78 Å². The second-order valence-corrected chi connectivity index (χ2v) is 4.89. The number of Topliss-reactive ketones (excluding diaryl/α,β-unsaturated/α-hetero) is 1. The molecule has 0 bridgehead atoms. The van der Waals surface area contributed by atoms with Gasteiger partial charge in [0.2, 0.25) is 0 Å². The van der Waals surface area contributed by atoms with Crippen molar-refractivity contribution >= 4 is 5.78 Å². The monoisotopic (exact) mass is 268 g/mol. The zero-order valence-electron chi connectivity index (χ0n) is 10.8. The Labute approximate surface area is 111 Å². The highest BCUT2D eigenvalue weighted by molar-refractivity contribution is 5.96. The number of hydrogen-bond acceptors (Lipinski definition) is 2. The molecule has 1 aliphatic carbocycles. The lowest BCUT2D eigenvalue weighted by Gasteiger charge is -2.26. The summed E-state index contributed by atoms with van der Waals surface area (Å²) in [6.45, 7) is -0.549. The first-order chi connectivity index (χ1) is 9.16. The number of alkyl halides is 2. The van der Waals surface area contributed by atoms with Gasteiger partial charge in [-0.1, -0.05) is 24.6 Å². The second kappa shape index (κ2) is 6.75. The van der Waals surface area contributed by atoms with Gasteiger partial charge in [-0.3, -0.25) is 4.79 Å². The van der Waals surface area contributed by atoms with Gasteiger partial charge in [-0.05, 0) is 30.4 Å². The summed E-state index contributed by atoms with van der Waals surface area (Å²) in [6.07, 6.45) is 1.31. The summed E-state index contributed by atoms with van der Waals surface area (Å²) in [5.41, 5.74) is 1.87. The molecule has 1 aliphatic rings. The molecule has 0 saturated heterocycles. The Hall–Kier alpha value is -1.29. The predicted molar refractivity (Wildman–Crippen MR) is 68.8 cm³/mol. The van der Waals surface area contributed by atoms with E-state index < -0.39 is 13.0 Å². The maximum atomic E-state index is 11.9. The van der Waals surface area contributed by atoms with E-state index in [-0.39, 0.29) is 18.8 Å². The largest absolute Gasteiger partial charge is 0.375 e. The van der Waals surface area contributed by atoms with E-state index in [2.05, 4.69) is 0 Å². The minimum atomic E-state index is -2.47. The normalized spacial score (nSPS) is 15.5. The fraction of sp³-hybridized carbons (Fsp3) is 0.533. The van der Waals surface area contributed by atoms with Crippen molar-refractivity contribution in [1.29, 1.82) is 0 Å². The Balaban J connectivity index is 1.84. The van der Waals surface area contributed by atoms with Crippen molar-refractivity contribution in [1.82, 2.24) is 0 Å². The number of halogens is 2. The number of carbonyl (C=O) groups is 1. The first-order valence-corrected chi connectivity index (χ1v) is 6.66. The molecule has 0 radical (unpaired) electrons. The van der Waals surface area contributed by atoms with Gasteiger partial charge in [-0.2, -0.15) is 0 Å². The predicted octanol–water partition coefficient (Wildman–Crippen LogP) is 3.81. The Morgan fingerprint density at radius 3 is 2.79 bits per heavy atom. The Morgan fingerprint density at radius 2 is 2.16 bits per heavy atom. The fourth-order valence-corrected chi connectivity index (χ4v) is 2.19. The zero-order valence-corrected chi connectivity index (χ0v) is 10.8. The van der Waals surface area contributed by atoms with Gasteiger partial charge in [0, 0.05) is 12.0 Å². The minimum Gasteiger partial charge on any atom is -0.375 e. The highest BCUT2D eigenvalue weighted by Gasteiger charge is 2.20. The SMILES string of the molecule is O=C(CCOCC(F)F)c1cccc(C2CCC2)c1. The van der Waals surface area contributed by atoms with E-state index >= 15 is 0 Å². The lowest BCUT2D eigenvalue weighted by Crippen LogP contribution is -2.11. The van der Waals surface area contributed by atoms with Crippen LogP contribution in [0.25, 0.3) is 0 Å². The maximum absolute atomic E-state index is 11.9. The van der Waals surface area contributed by atoms with Crippen LogP contribution in [0.15, 0.2) is 24.3 Å². The minimum absolute atomic E-state index is 0.0459. The Morgan fingerprint density at radius 1 is 1.37 bits per heavy atom. The van der Waals surface area contributed by atoms with E-state index in [1.165, 1.54) is 24.8 Å². The molecule has 104 valence electrons. The van der Waals surface area contributed by atoms with Gasteiger partial charge in [0.25, 0.3) is 6.43 Å². The molecule has 2 nitrogen and oxygen atoms in total. The van der Waals surface area contributed by atoms with Gasteiger partial charge in [0.15, 0.2) is 5.78 Å². The Kier molecular flexibility index (Phi) is 5.02. The smallest absolute Gasteiger partial charge is 0.261 e. The zero-order chi connectivity index (χ0) is 13.7. The standard InChI is InChI=1S/C15H18F2O2/c16-15(17)10-19-8-7-14(18)13-6-2-5-12(9-13)11-3-1-4-11/h2,5-6,9,11,15H,1,3-4,7-8,10H2. The third-order valence-electron chi connectivity index (χ3n) is 3.50. The quantitative estimate of drug-likeness (QED) is 0.555. The van der Waals surface area contributed by atoms with Gasteiger partial charge in [-0.15, -0.1) is 0 Å². The number of rotatable bonds is 7. The van der Waals surface area contributed by atoms with Crippen molar-refractivity contribution < 1.29 is 18.3 Å². The van der Waals surface area contributed by atoms with Gasteiger partial charge < -0.3 is 4.74 Å². The van der Waals surface area contributed by atoms with Crippen LogP contribution in [-0.4, -0.2) is 25.4 Å². The average molecular weight is 268 g/mol. The molecular formula is C15H18F2O2. The van der Waals surface area contributed by atoms with Crippen LogP contribution in [0.3, 0.4) is 0 Å². The molecule has 1 fully saturated rings. The molecule has 0 spiro atoms. The van der Waals surface area contributed by atoms with Crippen LogP contribution < -0.4 is 0 Å². The fourth-order valence-electron chi connectivity index (χ4n) is 2.19. The summed E-state index contributed by atoms with van der Waals surface area (Å²) >= 11 is 0. The summed E-state index contributed by atoms with van der Waals surface area (Å²) in [7, 11) is 0. The number of ketones is 1.